The predicted octanol–water partition coefficient (Wildman–Crippen LogP) is 3.47. The zero-order valence-corrected chi connectivity index (χ0v) is 10.2. The van der Waals surface area contributed by atoms with E-state index in [9.17, 15) is 5.11 Å². The lowest BCUT2D eigenvalue weighted by Crippen LogP contribution is -1.78. The van der Waals surface area contributed by atoms with Crippen LogP contribution in [0.15, 0.2) is 30.3 Å². The van der Waals surface area contributed by atoms with Gasteiger partial charge < -0.3 is 5.11 Å². The maximum absolute atomic E-state index is 9.76. The molecule has 1 aromatic carbocycles. The van der Waals surface area contributed by atoms with E-state index in [2.05, 4.69) is 10.9 Å². The average molecular weight is 241 g/mol. The minimum atomic E-state index is 0.244. The topological polar surface area (TPSA) is 33.1 Å². The van der Waals surface area contributed by atoms with Crippen molar-refractivity contribution >= 4 is 17.4 Å². The first-order chi connectivity index (χ1) is 8.22. The van der Waals surface area contributed by atoms with Crippen molar-refractivity contribution in [2.24, 2.45) is 0 Å². The van der Waals surface area contributed by atoms with Crippen LogP contribution in [-0.2, 0) is 0 Å². The number of hydrogen-bond acceptors (Lipinski definition) is 3. The van der Waals surface area contributed by atoms with E-state index in [0.717, 1.165) is 21.1 Å². The molecule has 2 aromatic rings. The molecule has 1 aromatic heterocycles. The molecule has 0 aliphatic heterocycles. The highest BCUT2D eigenvalue weighted by Crippen LogP contribution is 2.33. The first-order valence-electron chi connectivity index (χ1n) is 5.11. The van der Waals surface area contributed by atoms with Crippen LogP contribution in [0.2, 0.25) is 0 Å². The zero-order chi connectivity index (χ0) is 12.3. The molecule has 2 nitrogen and oxygen atoms in total. The predicted molar refractivity (Wildman–Crippen MR) is 71.8 cm³/mol. The fourth-order valence-corrected chi connectivity index (χ4v) is 2.46. The van der Waals surface area contributed by atoms with Gasteiger partial charge in [0.25, 0.3) is 0 Å². The van der Waals surface area contributed by atoms with Crippen LogP contribution in [0.4, 0.5) is 0 Å². The molecule has 0 fully saturated rings. The third-order valence-corrected chi connectivity index (χ3v) is 3.45. The van der Waals surface area contributed by atoms with Crippen LogP contribution >= 0.6 is 11.3 Å². The van der Waals surface area contributed by atoms with E-state index >= 15 is 0 Å². The molecule has 0 saturated heterocycles. The molecular weight excluding hydrogens is 230 g/mol. The van der Waals surface area contributed by atoms with Crippen LogP contribution in [0, 0.1) is 19.3 Å². The van der Waals surface area contributed by atoms with Crippen molar-refractivity contribution in [1.29, 1.82) is 0 Å². The van der Waals surface area contributed by atoms with Crippen molar-refractivity contribution in [3.8, 4) is 28.7 Å². The molecule has 0 spiro atoms. The van der Waals surface area contributed by atoms with E-state index in [4.69, 9.17) is 6.42 Å². The lowest BCUT2D eigenvalue weighted by atomic mass is 10.2. The summed E-state index contributed by atoms with van der Waals surface area (Å²) in [6.45, 7) is 1.93. The molecular formula is C14H11NOS. The van der Waals surface area contributed by atoms with Gasteiger partial charge in [-0.15, -0.1) is 17.8 Å². The van der Waals surface area contributed by atoms with Crippen LogP contribution in [0.1, 0.15) is 10.6 Å². The smallest absolute Gasteiger partial charge is 0.127 e. The quantitative estimate of drug-likeness (QED) is 0.817. The van der Waals surface area contributed by atoms with E-state index in [0.29, 0.717) is 0 Å². The van der Waals surface area contributed by atoms with Crippen molar-refractivity contribution < 1.29 is 5.11 Å². The first kappa shape index (κ1) is 11.4. The number of para-hydroxylation sites is 1. The lowest BCUT2D eigenvalue weighted by Gasteiger charge is -1.98. The Morgan fingerprint density at radius 3 is 2.88 bits per heavy atom. The Morgan fingerprint density at radius 1 is 1.41 bits per heavy atom. The molecule has 0 unspecified atom stereocenters. The van der Waals surface area contributed by atoms with Crippen LogP contribution in [0.5, 0.6) is 5.75 Å². The first-order valence-corrected chi connectivity index (χ1v) is 5.92. The van der Waals surface area contributed by atoms with Crippen LogP contribution in [0.3, 0.4) is 0 Å². The summed E-state index contributed by atoms with van der Waals surface area (Å²) in [5.41, 5.74) is 1.67. The summed E-state index contributed by atoms with van der Waals surface area (Å²) in [5.74, 6) is 2.70. The zero-order valence-electron chi connectivity index (χ0n) is 9.34. The molecule has 84 valence electrons. The van der Waals surface area contributed by atoms with Gasteiger partial charge in [-0.3, -0.25) is 0 Å². The Bertz CT molecular complexity index is 605. The Morgan fingerprint density at radius 2 is 2.18 bits per heavy atom. The maximum Gasteiger partial charge on any atom is 0.127 e. The molecule has 0 atom stereocenters. The third kappa shape index (κ3) is 2.38. The Balaban J connectivity index is 2.46. The van der Waals surface area contributed by atoms with Gasteiger partial charge in [-0.25, -0.2) is 4.98 Å². The van der Waals surface area contributed by atoms with Gasteiger partial charge in [-0.05, 0) is 31.2 Å². The van der Waals surface area contributed by atoms with Gasteiger partial charge in [0.05, 0.1) is 16.1 Å². The number of terminal acetylenes is 1. The van der Waals surface area contributed by atoms with E-state index in [1.54, 1.807) is 18.2 Å². The highest BCUT2D eigenvalue weighted by Gasteiger charge is 2.10. The number of aromatic hydroxyl groups is 1. The number of benzene rings is 1. The summed E-state index contributed by atoms with van der Waals surface area (Å²) in [6, 6.07) is 7.17. The van der Waals surface area contributed by atoms with E-state index < -0.39 is 0 Å². The number of aromatic nitrogens is 1. The summed E-state index contributed by atoms with van der Waals surface area (Å²) in [7, 11) is 0. The van der Waals surface area contributed by atoms with Crippen LogP contribution in [-0.4, -0.2) is 10.1 Å². The van der Waals surface area contributed by atoms with E-state index in [1.165, 1.54) is 11.3 Å². The van der Waals surface area contributed by atoms with Gasteiger partial charge in [0.15, 0.2) is 0 Å². The second-order valence-corrected chi connectivity index (χ2v) is 4.52. The van der Waals surface area contributed by atoms with Gasteiger partial charge in [-0.2, -0.15) is 0 Å². The standard InChI is InChI=1S/C14H11NOS/c1-3-4-9-13-10(2)15-14(17-13)11-7-5-6-8-12(11)16/h1,4-9,16H,2H3/b9-4-. The average Bonchev–Trinajstić information content (AvgIpc) is 2.68. The second-order valence-electron chi connectivity index (χ2n) is 3.49. The van der Waals surface area contributed by atoms with Crippen molar-refractivity contribution in [3.05, 3.63) is 40.9 Å². The maximum atomic E-state index is 9.76. The van der Waals surface area contributed by atoms with E-state index in [-0.39, 0.29) is 5.75 Å². The number of aryl methyl sites for hydroxylation is 1. The molecule has 3 heteroatoms. The summed E-state index contributed by atoms with van der Waals surface area (Å²) in [5, 5.41) is 10.6. The van der Waals surface area contributed by atoms with Crippen molar-refractivity contribution in [2.45, 2.75) is 6.92 Å². The van der Waals surface area contributed by atoms with Crippen molar-refractivity contribution in [3.63, 3.8) is 0 Å². The summed E-state index contributed by atoms with van der Waals surface area (Å²) >= 11 is 1.51. The molecule has 0 aliphatic rings. The summed E-state index contributed by atoms with van der Waals surface area (Å²) < 4.78 is 0. The van der Waals surface area contributed by atoms with Crippen LogP contribution < -0.4 is 0 Å². The molecule has 17 heavy (non-hydrogen) atoms. The molecule has 0 saturated carbocycles. The highest BCUT2D eigenvalue weighted by molar-refractivity contribution is 7.16. The minimum Gasteiger partial charge on any atom is -0.507 e. The Labute approximate surface area is 104 Å². The number of thiazole rings is 1. The second kappa shape index (κ2) is 4.86. The van der Waals surface area contributed by atoms with Crippen LogP contribution in [0.25, 0.3) is 16.6 Å². The SMILES string of the molecule is C#C/C=C\c1sc(-c2ccccc2O)nc1C. The molecule has 0 radical (unpaired) electrons. The highest BCUT2D eigenvalue weighted by atomic mass is 32.1. The summed E-state index contributed by atoms with van der Waals surface area (Å²) in [6.07, 6.45) is 8.68. The number of phenols is 1. The third-order valence-electron chi connectivity index (χ3n) is 2.30. The number of hydrogen-bond donors (Lipinski definition) is 1. The normalized spacial score (nSPS) is 10.6. The van der Waals surface area contributed by atoms with Gasteiger partial charge in [-0.1, -0.05) is 18.1 Å². The summed E-state index contributed by atoms with van der Waals surface area (Å²) in [4.78, 5) is 5.45. The monoisotopic (exact) mass is 241 g/mol. The number of nitrogens with zero attached hydrogens (tertiary/aromatic N) is 1. The minimum absolute atomic E-state index is 0.244. The van der Waals surface area contributed by atoms with Gasteiger partial charge in [0.1, 0.15) is 10.8 Å². The molecule has 0 amide bonds. The fourth-order valence-electron chi connectivity index (χ4n) is 1.46. The Kier molecular flexibility index (Phi) is 3.27. The Hall–Kier alpha value is -2.05. The van der Waals surface area contributed by atoms with Gasteiger partial charge >= 0.3 is 0 Å². The van der Waals surface area contributed by atoms with Crippen molar-refractivity contribution in [2.75, 3.05) is 0 Å². The fraction of sp³-hybridized carbons (Fsp3) is 0.0714. The van der Waals surface area contributed by atoms with Crippen molar-refractivity contribution in [1.82, 2.24) is 4.98 Å². The number of allylic oxidation sites excluding steroid dienone is 1. The van der Waals surface area contributed by atoms with E-state index in [1.807, 2.05) is 25.1 Å². The van der Waals surface area contributed by atoms with Gasteiger partial charge in [0, 0.05) is 0 Å². The number of rotatable bonds is 2. The molecule has 2 rings (SSSR count). The lowest BCUT2D eigenvalue weighted by molar-refractivity contribution is 0.477. The molecule has 0 aliphatic carbocycles. The molecule has 0 bridgehead atoms. The number of phenolic OH excluding ortho intramolecular Hbond substituents is 1. The molecule has 1 heterocycles. The largest absolute Gasteiger partial charge is 0.507 e. The molecule has 1 N–H and O–H groups in total. The van der Waals surface area contributed by atoms with Gasteiger partial charge in [0.2, 0.25) is 0 Å².